The molecule has 17 heteroatoms. The Morgan fingerprint density at radius 2 is 2.17 bits per heavy atom. The minimum absolute atomic E-state index is 0.0133. The summed E-state index contributed by atoms with van der Waals surface area (Å²) < 4.78 is 9.10. The number of aliphatic hydroxyl groups excluding tert-OH is 1. The first kappa shape index (κ1) is 30.2. The molecule has 4 aliphatic heterocycles. The maximum Gasteiger partial charge on any atom is 0.414 e. The molecule has 2 amide bonds. The zero-order chi connectivity index (χ0) is 30.4. The maximum absolute atomic E-state index is 13.6. The molecule has 0 bridgehead atoms. The van der Waals surface area contributed by atoms with Crippen molar-refractivity contribution in [2.75, 3.05) is 26.3 Å². The smallest absolute Gasteiger partial charge is 0.414 e. The van der Waals surface area contributed by atoms with Gasteiger partial charge >= 0.3 is 6.09 Å². The van der Waals surface area contributed by atoms with Gasteiger partial charge in [0.25, 0.3) is 5.91 Å². The van der Waals surface area contributed by atoms with Crippen LogP contribution in [0.1, 0.15) is 36.2 Å². The molecule has 0 unspecified atom stereocenters. The van der Waals surface area contributed by atoms with Crippen molar-refractivity contribution in [3.8, 4) is 5.75 Å². The van der Waals surface area contributed by atoms with Crippen LogP contribution in [-0.4, -0.2) is 88.0 Å². The molecular weight excluding hydrogens is 613 g/mol. The van der Waals surface area contributed by atoms with Crippen LogP contribution in [0.3, 0.4) is 0 Å². The largest absolute Gasteiger partial charge is 0.492 e. The summed E-state index contributed by atoms with van der Waals surface area (Å²) >= 11 is 17.1. The predicted molar refractivity (Wildman–Crippen MR) is 155 cm³/mol. The Hall–Kier alpha value is -3.29. The van der Waals surface area contributed by atoms with Gasteiger partial charge in [-0.2, -0.15) is 0 Å². The number of benzene rings is 1. The highest BCUT2D eigenvalue weighted by Crippen LogP contribution is 2.42. The Bertz CT molecular complexity index is 1380. The Morgan fingerprint density at radius 1 is 1.40 bits per heavy atom. The fourth-order valence-electron chi connectivity index (χ4n) is 5.97. The number of aliphatic hydroxyl groups is 1. The van der Waals surface area contributed by atoms with Gasteiger partial charge in [0.15, 0.2) is 5.66 Å². The first-order valence-corrected chi connectivity index (χ1v) is 14.3. The first-order chi connectivity index (χ1) is 19.8. The number of halogens is 3. The Labute approximate surface area is 256 Å². The van der Waals surface area contributed by atoms with Crippen molar-refractivity contribution in [3.05, 3.63) is 52.2 Å². The number of aliphatic imine (C=N–C) groups is 1. The molecule has 5 atom stereocenters. The molecule has 0 radical (unpaired) electrons. The van der Waals surface area contributed by atoms with Crippen LogP contribution in [0.4, 0.5) is 4.79 Å². The van der Waals surface area contributed by atoms with Gasteiger partial charge in [-0.15, -0.1) is 0 Å². The lowest BCUT2D eigenvalue weighted by molar-refractivity contribution is 0.0119. The van der Waals surface area contributed by atoms with E-state index in [-0.39, 0.29) is 24.5 Å². The van der Waals surface area contributed by atoms with Gasteiger partial charge in [0.1, 0.15) is 18.5 Å². The van der Waals surface area contributed by atoms with Crippen LogP contribution < -0.4 is 26.0 Å². The highest BCUT2D eigenvalue weighted by molar-refractivity contribution is 6.67. The quantitative estimate of drug-likeness (QED) is 0.140. The van der Waals surface area contributed by atoms with E-state index in [2.05, 4.69) is 56.7 Å². The number of guanidine groups is 1. The first-order valence-electron chi connectivity index (χ1n) is 13.1. The van der Waals surface area contributed by atoms with E-state index in [0.717, 1.165) is 12.0 Å². The summed E-state index contributed by atoms with van der Waals surface area (Å²) in [6.07, 6.45) is -1.42. The molecular formula is C25H30Cl3N9O5. The van der Waals surface area contributed by atoms with Gasteiger partial charge < -0.3 is 35.4 Å². The number of nitrogens with one attached hydrogen (secondary N) is 4. The molecule has 0 saturated carbocycles. The van der Waals surface area contributed by atoms with Gasteiger partial charge in [0.2, 0.25) is 9.75 Å². The van der Waals surface area contributed by atoms with E-state index >= 15 is 0 Å². The molecule has 0 aromatic heterocycles. The van der Waals surface area contributed by atoms with E-state index in [9.17, 15) is 14.7 Å². The van der Waals surface area contributed by atoms with Gasteiger partial charge in [-0.25, -0.2) is 9.79 Å². The molecule has 0 aliphatic carbocycles. The van der Waals surface area contributed by atoms with Gasteiger partial charge in [-0.05, 0) is 23.4 Å². The van der Waals surface area contributed by atoms with Crippen molar-refractivity contribution in [1.29, 1.82) is 0 Å². The van der Waals surface area contributed by atoms with Gasteiger partial charge in [-0.1, -0.05) is 72.5 Å². The van der Waals surface area contributed by atoms with Gasteiger partial charge in [-0.3, -0.25) is 10.1 Å². The summed E-state index contributed by atoms with van der Waals surface area (Å²) in [6, 6.07) is 3.15. The topological polar surface area (TPSA) is 185 Å². The number of carbonyl (C=O) groups excluding carboxylic acids is 2. The molecule has 5 rings (SSSR count). The van der Waals surface area contributed by atoms with Crippen molar-refractivity contribution < 1.29 is 24.2 Å². The third-order valence-electron chi connectivity index (χ3n) is 7.93. The summed E-state index contributed by atoms with van der Waals surface area (Å²) in [6.45, 7) is 7.98. The monoisotopic (exact) mass is 641 g/mol. The van der Waals surface area contributed by atoms with Gasteiger partial charge in [0, 0.05) is 17.0 Å². The van der Waals surface area contributed by atoms with E-state index in [4.69, 9.17) is 49.8 Å². The SMILES string of the molecule is C=C1N[C@H]2[C@H](CN=[N+]=[N-])N=C(NC(=O)OCC(Cl)(Cl)Cl)N3C[C@H](NC(=O)c4cccc5c4OCCC5(C)C)[C@H](O)[C@]23N1. The molecule has 42 heavy (non-hydrogen) atoms. The molecule has 1 spiro atoms. The van der Waals surface area contributed by atoms with E-state index in [0.29, 0.717) is 23.7 Å². The average molecular weight is 643 g/mol. The van der Waals surface area contributed by atoms with Crippen molar-refractivity contribution in [2.45, 2.75) is 59.4 Å². The second-order valence-electron chi connectivity index (χ2n) is 11.1. The lowest BCUT2D eigenvalue weighted by atomic mass is 9.79. The number of alkyl carbamates (subject to hydrolysis) is 1. The van der Waals surface area contributed by atoms with Crippen LogP contribution in [0.5, 0.6) is 5.75 Å². The molecule has 1 aromatic carbocycles. The number of alkyl halides is 3. The number of rotatable bonds is 5. The number of ether oxygens (including phenoxy) is 2. The summed E-state index contributed by atoms with van der Waals surface area (Å²) in [5, 5.41) is 27.3. The van der Waals surface area contributed by atoms with E-state index in [1.807, 2.05) is 6.07 Å². The van der Waals surface area contributed by atoms with E-state index in [1.54, 1.807) is 17.0 Å². The van der Waals surface area contributed by atoms with E-state index in [1.165, 1.54) is 0 Å². The number of para-hydroxylation sites is 1. The molecule has 4 heterocycles. The minimum atomic E-state index is -1.84. The number of azide groups is 1. The molecule has 1 aromatic rings. The second kappa shape index (κ2) is 11.1. The fraction of sp³-hybridized carbons (Fsp3) is 0.560. The van der Waals surface area contributed by atoms with Crippen molar-refractivity contribution in [2.24, 2.45) is 10.1 Å². The van der Waals surface area contributed by atoms with Crippen molar-refractivity contribution in [1.82, 2.24) is 26.2 Å². The number of carbonyl (C=O) groups is 2. The highest BCUT2D eigenvalue weighted by atomic mass is 35.6. The van der Waals surface area contributed by atoms with Crippen LogP contribution >= 0.6 is 34.8 Å². The number of hydrogen-bond donors (Lipinski definition) is 5. The summed E-state index contributed by atoms with van der Waals surface area (Å²) in [5.74, 6) is 0.424. The van der Waals surface area contributed by atoms with Gasteiger partial charge in [0.05, 0.1) is 42.7 Å². The number of amides is 2. The summed E-state index contributed by atoms with van der Waals surface area (Å²) in [5.41, 5.74) is 8.71. The predicted octanol–water partition coefficient (Wildman–Crippen LogP) is 2.40. The molecule has 2 fully saturated rings. The number of fused-ring (bicyclic) bond motifs is 1. The molecule has 226 valence electrons. The zero-order valence-corrected chi connectivity index (χ0v) is 25.0. The highest BCUT2D eigenvalue weighted by Gasteiger charge is 2.66. The van der Waals surface area contributed by atoms with Crippen molar-refractivity contribution >= 4 is 52.8 Å². The Morgan fingerprint density at radius 3 is 2.88 bits per heavy atom. The molecule has 2 saturated heterocycles. The zero-order valence-electron chi connectivity index (χ0n) is 22.7. The normalized spacial score (nSPS) is 28.9. The summed E-state index contributed by atoms with van der Waals surface area (Å²) in [4.78, 5) is 35.3. The second-order valence-corrected chi connectivity index (χ2v) is 13.6. The van der Waals surface area contributed by atoms with E-state index < -0.39 is 52.3 Å². The third kappa shape index (κ3) is 5.45. The standard InChI is InChI=1S/C25H30Cl3N9O5/c1-12-31-18-15(9-30-36-29)33-21(34-22(40)42-11-24(26,27)28)37-10-16(19(38)25(18,37)35-12)32-20(39)13-5-4-6-14-17(13)41-8-7-23(14,2)3/h4-6,15-16,18-19,31,35,38H,1,7-11H2,2-3H3,(H,32,39)(H,33,34,40)/t15-,16-,18-,19-,25-/m0/s1. The Kier molecular flexibility index (Phi) is 7.96. The maximum atomic E-state index is 13.6. The van der Waals surface area contributed by atoms with Crippen LogP contribution in [0.15, 0.2) is 40.7 Å². The lowest BCUT2D eigenvalue weighted by Crippen LogP contribution is -2.73. The number of nitrogens with zero attached hydrogens (tertiary/aromatic N) is 5. The van der Waals surface area contributed by atoms with Crippen LogP contribution in [-0.2, 0) is 10.2 Å². The molecule has 5 N–H and O–H groups in total. The van der Waals surface area contributed by atoms with Crippen LogP contribution in [0.25, 0.3) is 10.4 Å². The minimum Gasteiger partial charge on any atom is -0.492 e. The molecule has 14 nitrogen and oxygen atoms in total. The Balaban J connectivity index is 1.45. The summed E-state index contributed by atoms with van der Waals surface area (Å²) in [7, 11) is 0. The van der Waals surface area contributed by atoms with Crippen molar-refractivity contribution in [3.63, 3.8) is 0 Å². The molecule has 4 aliphatic rings. The average Bonchev–Trinajstić information content (AvgIpc) is 3.41. The van der Waals surface area contributed by atoms with Crippen LogP contribution in [0.2, 0.25) is 0 Å². The number of hydrogen-bond acceptors (Lipinski definition) is 10. The third-order valence-corrected chi connectivity index (χ3v) is 8.26. The van der Waals surface area contributed by atoms with Crippen LogP contribution in [0, 0.1) is 0 Å². The lowest BCUT2D eigenvalue weighted by Gasteiger charge is -2.47. The fourth-order valence-corrected chi connectivity index (χ4v) is 6.14.